The number of benzene rings is 2. The van der Waals surface area contributed by atoms with Gasteiger partial charge in [-0.2, -0.15) is 0 Å². The number of aryl methyl sites for hydroxylation is 4. The molecule has 3 aromatic rings. The van der Waals surface area contributed by atoms with Crippen LogP contribution in [0, 0.1) is 39.0 Å². The number of carbonyl (C=O) groups excluding carboxylic acids is 3. The molecule has 3 heterocycles. The molecule has 3 fully saturated rings. The molecule has 3 amide bonds. The number of carboxylic acid groups (broad SMARTS) is 1. The fraction of sp³-hybridized carbons (Fsp3) is 0.611. The number of ether oxygens (including phenoxy) is 4. The summed E-state index contributed by atoms with van der Waals surface area (Å²) in [6.07, 6.45) is 6.40. The SMILES string of the molecule is Cc1cc(C)c(/C(C(=O)O)=C(\O)C2CCC(OC3CCN(CCOCCOCCOCC(=O)NC(C(=O)N4CCCC4C(=O)NC(C)c4ccc(-c5scnc5C)cc4)C(C)(C)C)CC3)CC2)c(C)c1. The minimum absolute atomic E-state index is 0.0137. The first-order chi connectivity index (χ1) is 33.4. The number of amides is 3. The zero-order valence-electron chi connectivity index (χ0n) is 42.6. The number of likely N-dealkylation sites (tertiary alicyclic amines) is 2. The number of carbonyl (C=O) groups is 4. The molecule has 2 saturated heterocycles. The summed E-state index contributed by atoms with van der Waals surface area (Å²) in [5.74, 6) is -2.20. The largest absolute Gasteiger partial charge is 0.511 e. The maximum Gasteiger partial charge on any atom is 0.339 e. The Morgan fingerprint density at radius 3 is 2.01 bits per heavy atom. The average molecular weight is 988 g/mol. The van der Waals surface area contributed by atoms with Gasteiger partial charge in [-0.15, -0.1) is 11.3 Å². The Labute approximate surface area is 418 Å². The molecule has 0 radical (unpaired) electrons. The second kappa shape index (κ2) is 25.6. The third-order valence-electron chi connectivity index (χ3n) is 13.9. The molecule has 6 rings (SSSR count). The molecule has 0 spiro atoms. The fourth-order valence-corrected chi connectivity index (χ4v) is 11.0. The monoisotopic (exact) mass is 988 g/mol. The first-order valence-electron chi connectivity index (χ1n) is 25.2. The summed E-state index contributed by atoms with van der Waals surface area (Å²) in [7, 11) is 0. The number of aliphatic carboxylic acids is 1. The van der Waals surface area contributed by atoms with Crippen LogP contribution < -0.4 is 10.6 Å². The smallest absolute Gasteiger partial charge is 0.339 e. The predicted octanol–water partition coefficient (Wildman–Crippen LogP) is 7.89. The number of aliphatic hydroxyl groups excluding tert-OH is 1. The van der Waals surface area contributed by atoms with Crippen LogP contribution in [0.15, 0.2) is 47.7 Å². The molecule has 2 aromatic carbocycles. The van der Waals surface area contributed by atoms with Gasteiger partial charge < -0.3 is 49.6 Å². The van der Waals surface area contributed by atoms with E-state index in [0.29, 0.717) is 64.2 Å². The number of thiazole rings is 1. The van der Waals surface area contributed by atoms with Crippen LogP contribution in [0.2, 0.25) is 0 Å². The molecule has 3 aliphatic rings. The average Bonchev–Trinajstić information content (AvgIpc) is 3.99. The van der Waals surface area contributed by atoms with Crippen molar-refractivity contribution in [3.63, 3.8) is 0 Å². The van der Waals surface area contributed by atoms with E-state index in [9.17, 15) is 29.4 Å². The van der Waals surface area contributed by atoms with E-state index >= 15 is 0 Å². The predicted molar refractivity (Wildman–Crippen MR) is 272 cm³/mol. The van der Waals surface area contributed by atoms with Crippen LogP contribution in [-0.2, 0) is 38.1 Å². The van der Waals surface area contributed by atoms with Gasteiger partial charge in [-0.05, 0) is 119 Å². The van der Waals surface area contributed by atoms with Gasteiger partial charge in [0.2, 0.25) is 17.7 Å². The van der Waals surface area contributed by atoms with Gasteiger partial charge in [-0.25, -0.2) is 9.78 Å². The summed E-state index contributed by atoms with van der Waals surface area (Å²) < 4.78 is 23.6. The molecule has 2 aliphatic heterocycles. The van der Waals surface area contributed by atoms with Crippen LogP contribution in [0.25, 0.3) is 16.0 Å². The van der Waals surface area contributed by atoms with Crippen molar-refractivity contribution < 1.29 is 48.3 Å². The van der Waals surface area contributed by atoms with Crippen molar-refractivity contribution in [2.24, 2.45) is 11.3 Å². The summed E-state index contributed by atoms with van der Waals surface area (Å²) in [4.78, 5) is 62.5. The van der Waals surface area contributed by atoms with Crippen molar-refractivity contribution in [3.8, 4) is 10.4 Å². The second-order valence-electron chi connectivity index (χ2n) is 20.4. The van der Waals surface area contributed by atoms with E-state index in [-0.39, 0.29) is 60.5 Å². The van der Waals surface area contributed by atoms with Crippen LogP contribution in [0.3, 0.4) is 0 Å². The molecule has 0 bridgehead atoms. The van der Waals surface area contributed by atoms with Crippen LogP contribution in [-0.4, -0.2) is 139 Å². The maximum absolute atomic E-state index is 14.0. The number of allylic oxidation sites excluding steroid dienone is 1. The lowest BCUT2D eigenvalue weighted by Crippen LogP contribution is -2.58. The standard InChI is InChI=1S/C54H77N5O10S/c1-34-30-35(2)46(36(3)31-34)47(53(64)65)48(61)40-15-17-42(18-16-40)69-43-19-22-58(23-20-43)24-25-66-26-27-67-28-29-68-32-45(60)57-50(54(6,7)8)52(63)59-21-9-10-44(59)51(62)56-37(4)39-11-13-41(14-12-39)49-38(5)55-33-70-49/h11-14,30-31,33,37,40,42-44,50,61H,9-10,15-29,32H2,1-8H3,(H,56,62)(H,57,60)(H,64,65)/b48-47+. The third-order valence-corrected chi connectivity index (χ3v) is 14.9. The lowest BCUT2D eigenvalue weighted by molar-refractivity contribution is -0.144. The molecule has 3 unspecified atom stereocenters. The normalized spacial score (nSPS) is 20.5. The minimum Gasteiger partial charge on any atom is -0.511 e. The van der Waals surface area contributed by atoms with Gasteiger partial charge in [0.15, 0.2) is 0 Å². The summed E-state index contributed by atoms with van der Waals surface area (Å²) in [6.45, 7) is 20.2. The Kier molecular flexibility index (Phi) is 20.0. The number of carboxylic acids is 1. The van der Waals surface area contributed by atoms with Gasteiger partial charge in [0.25, 0.3) is 0 Å². The number of rotatable bonds is 22. The fourth-order valence-electron chi connectivity index (χ4n) is 10.2. The number of nitrogens with zero attached hydrogens (tertiary/aromatic N) is 3. The molecule has 70 heavy (non-hydrogen) atoms. The summed E-state index contributed by atoms with van der Waals surface area (Å²) in [5.41, 5.74) is 7.68. The van der Waals surface area contributed by atoms with E-state index in [4.69, 9.17) is 18.9 Å². The first kappa shape index (κ1) is 54.6. The van der Waals surface area contributed by atoms with Gasteiger partial charge in [0.05, 0.1) is 67.4 Å². The molecular weight excluding hydrogens is 911 g/mol. The molecule has 3 atom stereocenters. The van der Waals surface area contributed by atoms with Crippen molar-refractivity contribution in [2.45, 2.75) is 137 Å². The van der Waals surface area contributed by atoms with E-state index < -0.39 is 29.4 Å². The molecule has 4 N–H and O–H groups in total. The number of aromatic nitrogens is 1. The van der Waals surface area contributed by atoms with Crippen LogP contribution in [0.4, 0.5) is 0 Å². The Bertz CT molecular complexity index is 2240. The minimum atomic E-state index is -1.09. The topological polar surface area (TPSA) is 189 Å². The quantitative estimate of drug-likeness (QED) is 0.0434. The molecule has 1 aromatic heterocycles. The van der Waals surface area contributed by atoms with Crippen molar-refractivity contribution in [3.05, 3.63) is 81.2 Å². The van der Waals surface area contributed by atoms with Crippen molar-refractivity contribution in [1.29, 1.82) is 0 Å². The number of piperidine rings is 1. The van der Waals surface area contributed by atoms with Crippen LogP contribution in [0.5, 0.6) is 0 Å². The van der Waals surface area contributed by atoms with Crippen molar-refractivity contribution >= 4 is 40.6 Å². The highest BCUT2D eigenvalue weighted by Crippen LogP contribution is 2.37. The molecule has 384 valence electrons. The molecular formula is C54H77N5O10S. The third kappa shape index (κ3) is 14.9. The number of nitrogens with one attached hydrogen (secondary N) is 2. The van der Waals surface area contributed by atoms with Gasteiger partial charge in [0.1, 0.15) is 30.0 Å². The van der Waals surface area contributed by atoms with Crippen LogP contribution in [0.1, 0.15) is 119 Å². The number of hydrogen-bond acceptors (Lipinski definition) is 12. The summed E-state index contributed by atoms with van der Waals surface area (Å²) >= 11 is 1.60. The lowest BCUT2D eigenvalue weighted by atomic mass is 9.82. The highest BCUT2D eigenvalue weighted by molar-refractivity contribution is 7.13. The Hall–Kier alpha value is -4.71. The zero-order chi connectivity index (χ0) is 50.5. The van der Waals surface area contributed by atoms with E-state index in [0.717, 1.165) is 83.7 Å². The van der Waals surface area contributed by atoms with Gasteiger partial charge in [-0.1, -0.05) is 62.7 Å². The van der Waals surface area contributed by atoms with Crippen molar-refractivity contribution in [2.75, 3.05) is 65.8 Å². The highest BCUT2D eigenvalue weighted by atomic mass is 32.1. The zero-order valence-corrected chi connectivity index (χ0v) is 43.5. The molecule has 16 heteroatoms. The molecule has 1 aliphatic carbocycles. The van der Waals surface area contributed by atoms with E-state index in [1.165, 1.54) is 0 Å². The highest BCUT2D eigenvalue weighted by Gasteiger charge is 2.42. The summed E-state index contributed by atoms with van der Waals surface area (Å²) in [5, 5.41) is 27.4. The Morgan fingerprint density at radius 1 is 0.800 bits per heavy atom. The first-order valence-corrected chi connectivity index (χ1v) is 26.1. The van der Waals surface area contributed by atoms with Gasteiger partial charge >= 0.3 is 5.97 Å². The van der Waals surface area contributed by atoms with Crippen molar-refractivity contribution in [1.82, 2.24) is 25.4 Å². The Balaban J connectivity index is 0.808. The van der Waals surface area contributed by atoms with Crippen LogP contribution >= 0.6 is 11.3 Å². The van der Waals surface area contributed by atoms with E-state index in [1.807, 2.05) is 97.3 Å². The molecule has 1 saturated carbocycles. The van der Waals surface area contributed by atoms with E-state index in [2.05, 4.69) is 20.5 Å². The molecule has 15 nitrogen and oxygen atoms in total. The lowest BCUT2D eigenvalue weighted by Gasteiger charge is -2.36. The Morgan fingerprint density at radius 2 is 1.41 bits per heavy atom. The van der Waals surface area contributed by atoms with Gasteiger partial charge in [0, 0.05) is 32.1 Å². The number of hydrogen-bond donors (Lipinski definition) is 4. The summed E-state index contributed by atoms with van der Waals surface area (Å²) in [6, 6.07) is 10.3. The van der Waals surface area contributed by atoms with Gasteiger partial charge in [-0.3, -0.25) is 14.4 Å². The second-order valence-corrected chi connectivity index (χ2v) is 21.3. The van der Waals surface area contributed by atoms with E-state index in [1.54, 1.807) is 16.2 Å². The number of aliphatic hydroxyl groups is 1. The maximum atomic E-state index is 14.0.